The molecule has 3 N–H and O–H groups in total. The number of anilines is 1. The van der Waals surface area contributed by atoms with Crippen LogP contribution in [-0.4, -0.2) is 21.4 Å². The maximum absolute atomic E-state index is 12.2. The minimum Gasteiger partial charge on any atom is -0.497 e. The number of methoxy groups -OCH3 is 1. The molecule has 2 rings (SSSR count). The third-order valence-electron chi connectivity index (χ3n) is 2.79. The second-order valence-corrected chi connectivity index (χ2v) is 5.91. The fraction of sp³-hybridized carbons (Fsp3) is 0.0714. The van der Waals surface area contributed by atoms with Crippen molar-refractivity contribution in [2.24, 2.45) is 5.73 Å². The first-order chi connectivity index (χ1) is 9.92. The SMILES string of the molecule is COc1ccc(S(=O)(=O)Nc2ccc(C(N)=O)cc2)cc1. The lowest BCUT2D eigenvalue weighted by molar-refractivity contribution is 0.100. The minimum absolute atomic E-state index is 0.113. The Hall–Kier alpha value is -2.54. The van der Waals surface area contributed by atoms with Crippen molar-refractivity contribution in [1.82, 2.24) is 0 Å². The number of benzene rings is 2. The summed E-state index contributed by atoms with van der Waals surface area (Å²) in [4.78, 5) is 11.1. The largest absolute Gasteiger partial charge is 0.497 e. The standard InChI is InChI=1S/C14H14N2O4S/c1-20-12-6-8-13(9-7-12)21(18,19)16-11-4-2-10(3-5-11)14(15)17/h2-9,16H,1H3,(H2,15,17). The molecule has 0 unspecified atom stereocenters. The Morgan fingerprint density at radius 1 is 1.05 bits per heavy atom. The number of sulfonamides is 1. The highest BCUT2D eigenvalue weighted by Crippen LogP contribution is 2.19. The Kier molecular flexibility index (Phi) is 4.13. The van der Waals surface area contributed by atoms with Crippen molar-refractivity contribution in [1.29, 1.82) is 0 Å². The van der Waals surface area contributed by atoms with Crippen LogP contribution in [0.3, 0.4) is 0 Å². The third-order valence-corrected chi connectivity index (χ3v) is 4.19. The van der Waals surface area contributed by atoms with Crippen LogP contribution in [0.15, 0.2) is 53.4 Å². The maximum atomic E-state index is 12.2. The molecule has 0 saturated carbocycles. The van der Waals surface area contributed by atoms with Crippen LogP contribution in [0.5, 0.6) is 5.75 Å². The summed E-state index contributed by atoms with van der Waals surface area (Å²) in [5, 5.41) is 0. The number of hydrogen-bond donors (Lipinski definition) is 2. The smallest absolute Gasteiger partial charge is 0.261 e. The van der Waals surface area contributed by atoms with Crippen LogP contribution in [0.2, 0.25) is 0 Å². The number of carbonyl (C=O) groups is 1. The predicted molar refractivity (Wildman–Crippen MR) is 78.8 cm³/mol. The van der Waals surface area contributed by atoms with E-state index in [9.17, 15) is 13.2 Å². The van der Waals surface area contributed by atoms with Gasteiger partial charge in [0, 0.05) is 11.3 Å². The first-order valence-corrected chi connectivity index (χ1v) is 7.47. The zero-order valence-corrected chi connectivity index (χ0v) is 12.1. The molecule has 0 heterocycles. The zero-order valence-electron chi connectivity index (χ0n) is 11.2. The molecule has 2 aromatic carbocycles. The molecule has 0 spiro atoms. The molecule has 110 valence electrons. The Labute approximate surface area is 122 Å². The summed E-state index contributed by atoms with van der Waals surface area (Å²) in [7, 11) is -2.19. The van der Waals surface area contributed by atoms with Crippen molar-refractivity contribution < 1.29 is 17.9 Å². The molecule has 21 heavy (non-hydrogen) atoms. The Morgan fingerprint density at radius 2 is 1.62 bits per heavy atom. The summed E-state index contributed by atoms with van der Waals surface area (Å²) < 4.78 is 31.7. The molecule has 2 aromatic rings. The first-order valence-electron chi connectivity index (χ1n) is 5.99. The van der Waals surface area contributed by atoms with Crippen molar-refractivity contribution in [3.8, 4) is 5.75 Å². The number of carbonyl (C=O) groups excluding carboxylic acids is 1. The van der Waals surface area contributed by atoms with Crippen LogP contribution in [0, 0.1) is 0 Å². The third kappa shape index (κ3) is 3.51. The number of rotatable bonds is 5. The number of nitrogens with two attached hydrogens (primary N) is 1. The van der Waals surface area contributed by atoms with Crippen LogP contribution < -0.4 is 15.2 Å². The Bertz CT molecular complexity index is 738. The molecule has 1 amide bonds. The van der Waals surface area contributed by atoms with Crippen molar-refractivity contribution >= 4 is 21.6 Å². The fourth-order valence-corrected chi connectivity index (χ4v) is 2.73. The molecule has 0 aliphatic heterocycles. The quantitative estimate of drug-likeness (QED) is 0.876. The van der Waals surface area contributed by atoms with E-state index in [1.807, 2.05) is 0 Å². The zero-order chi connectivity index (χ0) is 15.5. The highest BCUT2D eigenvalue weighted by atomic mass is 32.2. The van der Waals surface area contributed by atoms with Gasteiger partial charge in [-0.2, -0.15) is 0 Å². The molecule has 0 aliphatic rings. The van der Waals surface area contributed by atoms with E-state index in [1.54, 1.807) is 12.1 Å². The van der Waals surface area contributed by atoms with Crippen LogP contribution in [-0.2, 0) is 10.0 Å². The topological polar surface area (TPSA) is 98.5 Å². The Morgan fingerprint density at radius 3 is 2.10 bits per heavy atom. The molecule has 0 radical (unpaired) electrons. The number of hydrogen-bond acceptors (Lipinski definition) is 4. The normalized spacial score (nSPS) is 10.9. The summed E-state index contributed by atoms with van der Waals surface area (Å²) in [6, 6.07) is 11.9. The van der Waals surface area contributed by atoms with Crippen LogP contribution in [0.25, 0.3) is 0 Å². The van der Waals surface area contributed by atoms with Crippen molar-refractivity contribution in [3.05, 3.63) is 54.1 Å². The summed E-state index contributed by atoms with van der Waals surface area (Å²) in [6.07, 6.45) is 0. The van der Waals surface area contributed by atoms with E-state index in [4.69, 9.17) is 10.5 Å². The average Bonchev–Trinajstić information content (AvgIpc) is 2.47. The second-order valence-electron chi connectivity index (χ2n) is 4.22. The maximum Gasteiger partial charge on any atom is 0.261 e. The molecule has 0 bridgehead atoms. The molecular weight excluding hydrogens is 292 g/mol. The van der Waals surface area contributed by atoms with Gasteiger partial charge in [-0.15, -0.1) is 0 Å². The molecule has 0 saturated heterocycles. The molecule has 6 nitrogen and oxygen atoms in total. The van der Waals surface area contributed by atoms with Crippen LogP contribution in [0.4, 0.5) is 5.69 Å². The number of primary amides is 1. The predicted octanol–water partition coefficient (Wildman–Crippen LogP) is 1.59. The van der Waals surface area contributed by atoms with Crippen molar-refractivity contribution in [3.63, 3.8) is 0 Å². The molecule has 0 atom stereocenters. The highest BCUT2D eigenvalue weighted by Gasteiger charge is 2.14. The van der Waals surface area contributed by atoms with Crippen LogP contribution >= 0.6 is 0 Å². The van der Waals surface area contributed by atoms with Gasteiger partial charge in [-0.3, -0.25) is 9.52 Å². The summed E-state index contributed by atoms with van der Waals surface area (Å²) in [5.41, 5.74) is 5.77. The molecular formula is C14H14N2O4S. The summed E-state index contributed by atoms with van der Waals surface area (Å²) in [5.74, 6) is -0.000627. The lowest BCUT2D eigenvalue weighted by atomic mass is 10.2. The Balaban J connectivity index is 2.21. The second kappa shape index (κ2) is 5.84. The summed E-state index contributed by atoms with van der Waals surface area (Å²) in [6.45, 7) is 0. The van der Waals surface area contributed by atoms with Gasteiger partial charge in [-0.05, 0) is 48.5 Å². The van der Waals surface area contributed by atoms with Gasteiger partial charge >= 0.3 is 0 Å². The summed E-state index contributed by atoms with van der Waals surface area (Å²) >= 11 is 0. The number of amides is 1. The molecule has 0 fully saturated rings. The number of nitrogens with one attached hydrogen (secondary N) is 1. The van der Waals surface area contributed by atoms with E-state index < -0.39 is 15.9 Å². The fourth-order valence-electron chi connectivity index (χ4n) is 1.67. The monoisotopic (exact) mass is 306 g/mol. The van der Waals surface area contributed by atoms with Gasteiger partial charge in [0.2, 0.25) is 5.91 Å². The lowest BCUT2D eigenvalue weighted by Crippen LogP contribution is -2.14. The molecule has 0 aromatic heterocycles. The van der Waals surface area contributed by atoms with E-state index >= 15 is 0 Å². The van der Waals surface area contributed by atoms with E-state index in [0.29, 0.717) is 17.0 Å². The van der Waals surface area contributed by atoms with E-state index in [1.165, 1.54) is 43.5 Å². The number of ether oxygens (including phenoxy) is 1. The van der Waals surface area contributed by atoms with Crippen LogP contribution in [0.1, 0.15) is 10.4 Å². The van der Waals surface area contributed by atoms with E-state index in [-0.39, 0.29) is 4.90 Å². The highest BCUT2D eigenvalue weighted by molar-refractivity contribution is 7.92. The minimum atomic E-state index is -3.69. The van der Waals surface area contributed by atoms with Gasteiger partial charge < -0.3 is 10.5 Å². The molecule has 0 aliphatic carbocycles. The lowest BCUT2D eigenvalue weighted by Gasteiger charge is -2.09. The first kappa shape index (κ1) is 14.9. The van der Waals surface area contributed by atoms with Gasteiger partial charge in [0.25, 0.3) is 10.0 Å². The van der Waals surface area contributed by atoms with Gasteiger partial charge in [0.1, 0.15) is 5.75 Å². The molecule has 7 heteroatoms. The van der Waals surface area contributed by atoms with Gasteiger partial charge in [-0.1, -0.05) is 0 Å². The van der Waals surface area contributed by atoms with Crippen molar-refractivity contribution in [2.45, 2.75) is 4.90 Å². The van der Waals surface area contributed by atoms with Gasteiger partial charge in [-0.25, -0.2) is 8.42 Å². The van der Waals surface area contributed by atoms with Gasteiger partial charge in [0.15, 0.2) is 0 Å². The van der Waals surface area contributed by atoms with Gasteiger partial charge in [0.05, 0.1) is 12.0 Å². The van der Waals surface area contributed by atoms with E-state index in [0.717, 1.165) is 0 Å². The van der Waals surface area contributed by atoms with E-state index in [2.05, 4.69) is 4.72 Å². The average molecular weight is 306 g/mol. The van der Waals surface area contributed by atoms with Crippen molar-refractivity contribution in [2.75, 3.05) is 11.8 Å².